The monoisotopic (exact) mass is 355 g/mol. The van der Waals surface area contributed by atoms with Gasteiger partial charge in [-0.1, -0.05) is 29.6 Å². The third-order valence-electron chi connectivity index (χ3n) is 4.00. The van der Waals surface area contributed by atoms with Gasteiger partial charge in [-0.25, -0.2) is 0 Å². The Balaban J connectivity index is 1.90. The Bertz CT molecular complexity index is 740. The van der Waals surface area contributed by atoms with Gasteiger partial charge in [-0.3, -0.25) is 4.79 Å². The van der Waals surface area contributed by atoms with Crippen LogP contribution in [-0.4, -0.2) is 26.4 Å². The molecule has 1 heterocycles. The van der Waals surface area contributed by atoms with Crippen LogP contribution in [0.2, 0.25) is 0 Å². The third kappa shape index (κ3) is 3.43. The lowest BCUT2D eigenvalue weighted by atomic mass is 10.1. The molecule has 0 aliphatic heterocycles. The molecule has 0 bridgehead atoms. The van der Waals surface area contributed by atoms with Gasteiger partial charge in [0.1, 0.15) is 4.88 Å². The molecule has 0 saturated heterocycles. The minimum atomic E-state index is -4.44. The molecule has 8 heteroatoms. The molecule has 2 aromatic rings. The summed E-state index contributed by atoms with van der Waals surface area (Å²) in [6, 6.07) is 5.39. The molecule has 1 aliphatic rings. The van der Waals surface area contributed by atoms with Gasteiger partial charge < -0.3 is 4.90 Å². The normalized spacial score (nSPS) is 14.7. The van der Waals surface area contributed by atoms with E-state index in [2.05, 4.69) is 9.59 Å². The van der Waals surface area contributed by atoms with Crippen molar-refractivity contribution in [3.63, 3.8) is 0 Å². The number of hydrogen-bond acceptors (Lipinski definition) is 4. The van der Waals surface area contributed by atoms with Crippen LogP contribution in [0.25, 0.3) is 0 Å². The van der Waals surface area contributed by atoms with Gasteiger partial charge in [0, 0.05) is 12.6 Å². The summed E-state index contributed by atoms with van der Waals surface area (Å²) in [4.78, 5) is 14.8. The maximum absolute atomic E-state index is 13.2. The van der Waals surface area contributed by atoms with Crippen molar-refractivity contribution >= 4 is 17.4 Å². The predicted octanol–water partition coefficient (Wildman–Crippen LogP) is 3.92. The topological polar surface area (TPSA) is 46.1 Å². The zero-order chi connectivity index (χ0) is 17.3. The molecule has 1 aliphatic carbocycles. The molecule has 3 rings (SSSR count). The molecule has 1 aromatic carbocycles. The highest BCUT2D eigenvalue weighted by Gasteiger charge is 2.38. The largest absolute Gasteiger partial charge is 0.416 e. The Morgan fingerprint density at radius 2 is 2.04 bits per heavy atom. The Kier molecular flexibility index (Phi) is 4.58. The van der Waals surface area contributed by atoms with E-state index in [9.17, 15) is 18.0 Å². The minimum Gasteiger partial charge on any atom is -0.331 e. The number of halogens is 3. The van der Waals surface area contributed by atoms with Gasteiger partial charge in [-0.2, -0.15) is 13.2 Å². The molecule has 0 radical (unpaired) electrons. The first-order valence-corrected chi connectivity index (χ1v) is 8.46. The number of alkyl halides is 3. The van der Waals surface area contributed by atoms with E-state index in [0.717, 1.165) is 30.4 Å². The van der Waals surface area contributed by atoms with Crippen LogP contribution in [0, 0.1) is 0 Å². The lowest BCUT2D eigenvalue weighted by Crippen LogP contribution is -2.33. The number of nitrogens with zero attached hydrogens (tertiary/aromatic N) is 3. The Hall–Kier alpha value is -1.96. The Morgan fingerprint density at radius 3 is 2.67 bits per heavy atom. The molecule has 128 valence electrons. The van der Waals surface area contributed by atoms with Gasteiger partial charge in [0.25, 0.3) is 5.91 Å². The highest BCUT2D eigenvalue weighted by Crippen LogP contribution is 2.35. The number of aromatic nitrogens is 2. The van der Waals surface area contributed by atoms with E-state index >= 15 is 0 Å². The second-order valence-electron chi connectivity index (χ2n) is 5.72. The fraction of sp³-hybridized carbons (Fsp3) is 0.438. The summed E-state index contributed by atoms with van der Waals surface area (Å²) < 4.78 is 43.4. The first kappa shape index (κ1) is 16.9. The van der Waals surface area contributed by atoms with Gasteiger partial charge in [-0.15, -0.1) is 5.10 Å². The summed E-state index contributed by atoms with van der Waals surface area (Å²) in [7, 11) is 0. The van der Waals surface area contributed by atoms with Crippen molar-refractivity contribution < 1.29 is 18.0 Å². The molecule has 0 unspecified atom stereocenters. The van der Waals surface area contributed by atoms with Crippen LogP contribution in [0.4, 0.5) is 13.2 Å². The van der Waals surface area contributed by atoms with Crippen LogP contribution in [0.5, 0.6) is 0 Å². The first-order chi connectivity index (χ1) is 11.4. The smallest absolute Gasteiger partial charge is 0.331 e. The van der Waals surface area contributed by atoms with Gasteiger partial charge in [-0.05, 0) is 42.4 Å². The first-order valence-electron chi connectivity index (χ1n) is 7.69. The van der Waals surface area contributed by atoms with Gasteiger partial charge >= 0.3 is 6.18 Å². The summed E-state index contributed by atoms with van der Waals surface area (Å²) in [5.74, 6) is -0.277. The number of amides is 1. The molecular formula is C16H16F3N3OS. The van der Waals surface area contributed by atoms with E-state index in [0.29, 0.717) is 17.0 Å². The Morgan fingerprint density at radius 1 is 1.33 bits per heavy atom. The lowest BCUT2D eigenvalue weighted by Gasteiger charge is -2.24. The second kappa shape index (κ2) is 6.51. The van der Waals surface area contributed by atoms with Crippen LogP contribution < -0.4 is 0 Å². The van der Waals surface area contributed by atoms with E-state index in [-0.39, 0.29) is 24.1 Å². The number of aryl methyl sites for hydroxylation is 1. The molecule has 1 saturated carbocycles. The van der Waals surface area contributed by atoms with Crippen molar-refractivity contribution in [3.05, 3.63) is 46.0 Å². The minimum absolute atomic E-state index is 0.00871. The molecule has 1 amide bonds. The zero-order valence-electron chi connectivity index (χ0n) is 13.0. The maximum Gasteiger partial charge on any atom is 0.416 e. The highest BCUT2D eigenvalue weighted by atomic mass is 32.1. The van der Waals surface area contributed by atoms with Crippen LogP contribution >= 0.6 is 11.5 Å². The molecule has 1 fully saturated rings. The molecule has 0 atom stereocenters. The summed E-state index contributed by atoms with van der Waals surface area (Å²) in [6.07, 6.45) is -2.24. The van der Waals surface area contributed by atoms with Gasteiger partial charge in [0.05, 0.1) is 11.3 Å². The van der Waals surface area contributed by atoms with Crippen LogP contribution in [0.3, 0.4) is 0 Å². The van der Waals surface area contributed by atoms with Crippen molar-refractivity contribution in [3.8, 4) is 0 Å². The van der Waals surface area contributed by atoms with E-state index < -0.39 is 11.7 Å². The average Bonchev–Trinajstić information content (AvgIpc) is 3.27. The number of carbonyl (C=O) groups excluding carboxylic acids is 1. The van der Waals surface area contributed by atoms with Crippen molar-refractivity contribution in [1.29, 1.82) is 0 Å². The van der Waals surface area contributed by atoms with E-state index in [1.165, 1.54) is 17.0 Å². The van der Waals surface area contributed by atoms with Crippen molar-refractivity contribution in [2.75, 3.05) is 0 Å². The van der Waals surface area contributed by atoms with Crippen LogP contribution in [0.15, 0.2) is 24.3 Å². The average molecular weight is 355 g/mol. The van der Waals surface area contributed by atoms with Gasteiger partial charge in [0.15, 0.2) is 0 Å². The fourth-order valence-electron chi connectivity index (χ4n) is 2.60. The molecule has 0 spiro atoms. The van der Waals surface area contributed by atoms with E-state index in [4.69, 9.17) is 0 Å². The maximum atomic E-state index is 13.2. The third-order valence-corrected chi connectivity index (χ3v) is 4.75. The van der Waals surface area contributed by atoms with Crippen LogP contribution in [0.1, 0.15) is 46.3 Å². The lowest BCUT2D eigenvalue weighted by molar-refractivity contribution is -0.138. The SMILES string of the molecule is CCc1nnsc1C(=O)N(Cc1ccccc1C(F)(F)F)C1CC1. The Labute approximate surface area is 141 Å². The van der Waals surface area contributed by atoms with Crippen molar-refractivity contribution in [1.82, 2.24) is 14.5 Å². The summed E-state index contributed by atoms with van der Waals surface area (Å²) >= 11 is 1.00. The van der Waals surface area contributed by atoms with E-state index in [1.807, 2.05) is 6.92 Å². The summed E-state index contributed by atoms with van der Waals surface area (Å²) in [5, 5.41) is 3.92. The molecular weight excluding hydrogens is 339 g/mol. The molecule has 24 heavy (non-hydrogen) atoms. The molecule has 0 N–H and O–H groups in total. The number of carbonyl (C=O) groups is 1. The van der Waals surface area contributed by atoms with Crippen molar-refractivity contribution in [2.45, 2.75) is 44.9 Å². The van der Waals surface area contributed by atoms with Gasteiger partial charge in [0.2, 0.25) is 0 Å². The molecule has 4 nitrogen and oxygen atoms in total. The number of benzene rings is 1. The van der Waals surface area contributed by atoms with E-state index in [1.54, 1.807) is 6.07 Å². The summed E-state index contributed by atoms with van der Waals surface area (Å²) in [6.45, 7) is 1.81. The number of rotatable bonds is 5. The second-order valence-corrected chi connectivity index (χ2v) is 6.48. The summed E-state index contributed by atoms with van der Waals surface area (Å²) in [5.41, 5.74) is 0.0159. The van der Waals surface area contributed by atoms with Crippen molar-refractivity contribution in [2.24, 2.45) is 0 Å². The standard InChI is InChI=1S/C16H16F3N3OS/c1-2-13-14(24-21-20-13)15(23)22(11-7-8-11)9-10-5-3-4-6-12(10)16(17,18)19/h3-6,11H,2,7-9H2,1H3. The number of hydrogen-bond donors (Lipinski definition) is 0. The highest BCUT2D eigenvalue weighted by molar-refractivity contribution is 7.08. The predicted molar refractivity (Wildman–Crippen MR) is 83.6 cm³/mol. The fourth-order valence-corrected chi connectivity index (χ4v) is 3.31. The molecule has 1 aromatic heterocycles. The van der Waals surface area contributed by atoms with Crippen LogP contribution in [-0.2, 0) is 19.1 Å². The quantitative estimate of drug-likeness (QED) is 0.817. The zero-order valence-corrected chi connectivity index (χ0v) is 13.8.